The van der Waals surface area contributed by atoms with Crippen molar-refractivity contribution in [2.24, 2.45) is 0 Å². The lowest BCUT2D eigenvalue weighted by Crippen LogP contribution is -2.35. The minimum absolute atomic E-state index is 0.164. The monoisotopic (exact) mass is 338 g/mol. The Morgan fingerprint density at radius 2 is 1.96 bits per heavy atom. The Balaban J connectivity index is 1.65. The second-order valence-electron chi connectivity index (χ2n) is 6.12. The zero-order chi connectivity index (χ0) is 17.6. The van der Waals surface area contributed by atoms with Crippen LogP contribution in [0.5, 0.6) is 0 Å². The predicted octanol–water partition coefficient (Wildman–Crippen LogP) is 2.44. The average Bonchev–Trinajstić information content (AvgIpc) is 2.87. The highest BCUT2D eigenvalue weighted by molar-refractivity contribution is 5.94. The molecule has 25 heavy (non-hydrogen) atoms. The molecule has 1 aromatic carbocycles. The first kappa shape index (κ1) is 17.1. The van der Waals surface area contributed by atoms with Gasteiger partial charge in [0.15, 0.2) is 0 Å². The SMILES string of the molecule is N#Cc1cc(F)cc(C(=O)N2CCCN(Cc3ccncc3)CC2)c1. The number of aromatic nitrogens is 1. The standard InChI is InChI=1S/C19H19FN4O/c20-18-11-16(13-21)10-17(12-18)19(25)24-7-1-6-23(8-9-24)14-15-2-4-22-5-3-15/h2-5,10-12H,1,6-9,14H2. The molecule has 3 rings (SSSR count). The van der Waals surface area contributed by atoms with Crippen LogP contribution in [-0.2, 0) is 6.54 Å². The molecule has 1 amide bonds. The van der Waals surface area contributed by atoms with Crippen molar-refractivity contribution < 1.29 is 9.18 Å². The van der Waals surface area contributed by atoms with Gasteiger partial charge in [0, 0.05) is 50.7 Å². The first-order valence-corrected chi connectivity index (χ1v) is 8.27. The van der Waals surface area contributed by atoms with Gasteiger partial charge >= 0.3 is 0 Å². The Morgan fingerprint density at radius 3 is 2.72 bits per heavy atom. The summed E-state index contributed by atoms with van der Waals surface area (Å²) >= 11 is 0. The van der Waals surface area contributed by atoms with Gasteiger partial charge in [-0.2, -0.15) is 5.26 Å². The van der Waals surface area contributed by atoms with E-state index in [2.05, 4.69) is 9.88 Å². The molecule has 2 heterocycles. The van der Waals surface area contributed by atoms with E-state index in [4.69, 9.17) is 5.26 Å². The summed E-state index contributed by atoms with van der Waals surface area (Å²) in [4.78, 5) is 20.7. The molecule has 0 atom stereocenters. The second kappa shape index (κ2) is 7.86. The van der Waals surface area contributed by atoms with Gasteiger partial charge in [0.1, 0.15) is 5.82 Å². The van der Waals surface area contributed by atoms with Crippen LogP contribution in [-0.4, -0.2) is 46.9 Å². The van der Waals surface area contributed by atoms with Crippen LogP contribution in [0.3, 0.4) is 0 Å². The van der Waals surface area contributed by atoms with Crippen molar-refractivity contribution in [1.29, 1.82) is 5.26 Å². The lowest BCUT2D eigenvalue weighted by molar-refractivity contribution is 0.0760. The average molecular weight is 338 g/mol. The molecule has 128 valence electrons. The number of hydrogen-bond acceptors (Lipinski definition) is 4. The maximum absolute atomic E-state index is 13.6. The van der Waals surface area contributed by atoms with E-state index in [1.165, 1.54) is 17.7 Å². The quantitative estimate of drug-likeness (QED) is 0.862. The molecule has 0 unspecified atom stereocenters. The maximum Gasteiger partial charge on any atom is 0.254 e. The van der Waals surface area contributed by atoms with Crippen molar-refractivity contribution in [3.63, 3.8) is 0 Å². The summed E-state index contributed by atoms with van der Waals surface area (Å²) in [6.45, 7) is 3.70. The van der Waals surface area contributed by atoms with Gasteiger partial charge in [-0.05, 0) is 42.3 Å². The number of benzene rings is 1. The maximum atomic E-state index is 13.6. The van der Waals surface area contributed by atoms with Crippen molar-refractivity contribution in [2.45, 2.75) is 13.0 Å². The van der Waals surface area contributed by atoms with Crippen molar-refractivity contribution in [2.75, 3.05) is 26.2 Å². The number of carbonyl (C=O) groups excluding carboxylic acids is 1. The highest BCUT2D eigenvalue weighted by atomic mass is 19.1. The van der Waals surface area contributed by atoms with Gasteiger partial charge in [-0.15, -0.1) is 0 Å². The minimum Gasteiger partial charge on any atom is -0.337 e. The van der Waals surface area contributed by atoms with Crippen LogP contribution in [0.1, 0.15) is 27.9 Å². The summed E-state index contributed by atoms with van der Waals surface area (Å²) < 4.78 is 13.6. The van der Waals surface area contributed by atoms with Gasteiger partial charge in [-0.1, -0.05) is 0 Å². The zero-order valence-corrected chi connectivity index (χ0v) is 13.9. The second-order valence-corrected chi connectivity index (χ2v) is 6.12. The first-order chi connectivity index (χ1) is 12.2. The summed E-state index contributed by atoms with van der Waals surface area (Å²) in [5.41, 5.74) is 1.59. The molecule has 1 aliphatic rings. The fourth-order valence-corrected chi connectivity index (χ4v) is 3.04. The Morgan fingerprint density at radius 1 is 1.16 bits per heavy atom. The molecular weight excluding hydrogens is 319 g/mol. The third kappa shape index (κ3) is 4.40. The van der Waals surface area contributed by atoms with Gasteiger partial charge in [0.05, 0.1) is 11.6 Å². The van der Waals surface area contributed by atoms with Crippen LogP contribution >= 0.6 is 0 Å². The summed E-state index contributed by atoms with van der Waals surface area (Å²) in [5, 5.41) is 8.95. The number of hydrogen-bond donors (Lipinski definition) is 0. The van der Waals surface area contributed by atoms with E-state index in [0.29, 0.717) is 13.1 Å². The van der Waals surface area contributed by atoms with Crippen LogP contribution in [0.25, 0.3) is 0 Å². The predicted molar refractivity (Wildman–Crippen MR) is 91.1 cm³/mol. The van der Waals surface area contributed by atoms with E-state index < -0.39 is 5.82 Å². The third-order valence-corrected chi connectivity index (χ3v) is 4.31. The molecule has 2 aromatic rings. The molecular formula is C19H19FN4O. The number of nitrogens with zero attached hydrogens (tertiary/aromatic N) is 4. The molecule has 1 aromatic heterocycles. The number of carbonyl (C=O) groups is 1. The van der Waals surface area contributed by atoms with Gasteiger partial charge in [0.25, 0.3) is 5.91 Å². The molecule has 0 spiro atoms. The van der Waals surface area contributed by atoms with Crippen LogP contribution in [0.4, 0.5) is 4.39 Å². The fraction of sp³-hybridized carbons (Fsp3) is 0.316. The minimum atomic E-state index is -0.559. The number of amides is 1. The molecule has 0 bridgehead atoms. The Labute approximate surface area is 146 Å². The van der Waals surface area contributed by atoms with Gasteiger partial charge < -0.3 is 4.90 Å². The molecule has 1 fully saturated rings. The smallest absolute Gasteiger partial charge is 0.254 e. The van der Waals surface area contributed by atoms with Crippen molar-refractivity contribution in [3.05, 3.63) is 65.2 Å². The van der Waals surface area contributed by atoms with Crippen molar-refractivity contribution in [1.82, 2.24) is 14.8 Å². The molecule has 5 nitrogen and oxygen atoms in total. The number of pyridine rings is 1. The highest BCUT2D eigenvalue weighted by Gasteiger charge is 2.21. The van der Waals surface area contributed by atoms with E-state index in [-0.39, 0.29) is 17.0 Å². The highest BCUT2D eigenvalue weighted by Crippen LogP contribution is 2.14. The van der Waals surface area contributed by atoms with Crippen molar-refractivity contribution in [3.8, 4) is 6.07 Å². The van der Waals surface area contributed by atoms with E-state index in [1.54, 1.807) is 17.3 Å². The number of rotatable bonds is 3. The third-order valence-electron chi connectivity index (χ3n) is 4.31. The Kier molecular flexibility index (Phi) is 5.36. The fourth-order valence-electron chi connectivity index (χ4n) is 3.04. The van der Waals surface area contributed by atoms with Crippen molar-refractivity contribution >= 4 is 5.91 Å². The molecule has 1 saturated heterocycles. The molecule has 0 aliphatic carbocycles. The number of nitriles is 1. The van der Waals surface area contributed by atoms with E-state index in [9.17, 15) is 9.18 Å². The lowest BCUT2D eigenvalue weighted by Gasteiger charge is -2.22. The number of halogens is 1. The van der Waals surface area contributed by atoms with Gasteiger partial charge in [0.2, 0.25) is 0 Å². The largest absolute Gasteiger partial charge is 0.337 e. The summed E-state index contributed by atoms with van der Waals surface area (Å²) in [7, 11) is 0. The molecule has 0 radical (unpaired) electrons. The lowest BCUT2D eigenvalue weighted by atomic mass is 10.1. The molecule has 0 N–H and O–H groups in total. The van der Waals surface area contributed by atoms with E-state index in [0.717, 1.165) is 32.1 Å². The van der Waals surface area contributed by atoms with Crippen LogP contribution in [0.2, 0.25) is 0 Å². The normalized spacial score (nSPS) is 15.4. The summed E-state index contributed by atoms with van der Waals surface area (Å²) in [6, 6.07) is 9.65. The van der Waals surface area contributed by atoms with Crippen LogP contribution in [0.15, 0.2) is 42.7 Å². The van der Waals surface area contributed by atoms with Crippen LogP contribution in [0, 0.1) is 17.1 Å². The Bertz CT molecular complexity index is 788. The topological polar surface area (TPSA) is 60.2 Å². The Hall–Kier alpha value is -2.78. The molecule has 6 heteroatoms. The van der Waals surface area contributed by atoms with E-state index in [1.807, 2.05) is 18.2 Å². The van der Waals surface area contributed by atoms with E-state index >= 15 is 0 Å². The summed E-state index contributed by atoms with van der Waals surface area (Å²) in [5.74, 6) is -0.779. The summed E-state index contributed by atoms with van der Waals surface area (Å²) in [6.07, 6.45) is 4.41. The van der Waals surface area contributed by atoms with Gasteiger partial charge in [-0.3, -0.25) is 14.7 Å². The zero-order valence-electron chi connectivity index (χ0n) is 13.9. The van der Waals surface area contributed by atoms with Crippen LogP contribution < -0.4 is 0 Å². The van der Waals surface area contributed by atoms with Gasteiger partial charge in [-0.25, -0.2) is 4.39 Å². The first-order valence-electron chi connectivity index (χ1n) is 8.27. The molecule has 0 saturated carbocycles. The molecule has 1 aliphatic heterocycles.